The van der Waals surface area contributed by atoms with Crippen molar-refractivity contribution in [2.45, 2.75) is 18.4 Å². The van der Waals surface area contributed by atoms with E-state index in [1.807, 2.05) is 91.9 Å². The smallest absolute Gasteiger partial charge is 0.265 e. The van der Waals surface area contributed by atoms with E-state index >= 15 is 0 Å². The second-order valence-electron chi connectivity index (χ2n) is 7.14. The minimum atomic E-state index is -0.190. The van der Waals surface area contributed by atoms with Crippen molar-refractivity contribution < 1.29 is 9.59 Å². The van der Waals surface area contributed by atoms with Gasteiger partial charge in [0.1, 0.15) is 6.54 Å². The lowest BCUT2D eigenvalue weighted by atomic mass is 10.1. The van der Waals surface area contributed by atoms with Gasteiger partial charge in [0.25, 0.3) is 5.91 Å². The van der Waals surface area contributed by atoms with Crippen molar-refractivity contribution in [2.75, 3.05) is 11.4 Å². The molecule has 0 aliphatic carbocycles. The number of carbonyl (C=O) groups is 2. The number of nitrogens with one attached hydrogen (secondary N) is 1. The third-order valence-electron chi connectivity index (χ3n) is 4.84. The van der Waals surface area contributed by atoms with E-state index in [4.69, 9.17) is 0 Å². The van der Waals surface area contributed by atoms with Gasteiger partial charge in [-0.1, -0.05) is 84.1 Å². The molecule has 0 spiro atoms. The Morgan fingerprint density at radius 3 is 2.43 bits per heavy atom. The standard InChI is InChI=1S/C25H22N2O2S/c1-18-11-13-20(14-12-18)16-26-24(28)17-27-21-9-5-6-10-22(21)30-23(25(27)29)15-19-7-3-2-4-8-19/h2-15H,16-17H2,1H3,(H,26,28)/b23-15-. The molecule has 2 amide bonds. The zero-order valence-electron chi connectivity index (χ0n) is 16.7. The Hall–Kier alpha value is -3.31. The largest absolute Gasteiger partial charge is 0.350 e. The number of benzene rings is 3. The number of nitrogens with zero attached hydrogens (tertiary/aromatic N) is 1. The van der Waals surface area contributed by atoms with Crippen LogP contribution in [0, 0.1) is 6.92 Å². The fourth-order valence-electron chi connectivity index (χ4n) is 3.23. The number of fused-ring (bicyclic) bond motifs is 1. The highest BCUT2D eigenvalue weighted by Gasteiger charge is 2.30. The van der Waals surface area contributed by atoms with Gasteiger partial charge in [0.2, 0.25) is 5.91 Å². The molecular weight excluding hydrogens is 392 g/mol. The van der Waals surface area contributed by atoms with Gasteiger partial charge in [-0.2, -0.15) is 0 Å². The maximum Gasteiger partial charge on any atom is 0.265 e. The molecule has 3 aromatic rings. The minimum Gasteiger partial charge on any atom is -0.350 e. The molecule has 150 valence electrons. The molecular formula is C25H22N2O2S. The van der Waals surface area contributed by atoms with Crippen LogP contribution in [0.1, 0.15) is 16.7 Å². The number of thioether (sulfide) groups is 1. The first-order valence-electron chi connectivity index (χ1n) is 9.78. The van der Waals surface area contributed by atoms with Gasteiger partial charge in [0.15, 0.2) is 0 Å². The van der Waals surface area contributed by atoms with Crippen LogP contribution < -0.4 is 10.2 Å². The van der Waals surface area contributed by atoms with Crippen LogP contribution in [0.2, 0.25) is 0 Å². The lowest BCUT2D eigenvalue weighted by Gasteiger charge is -2.29. The molecule has 0 radical (unpaired) electrons. The molecule has 4 rings (SSSR count). The zero-order valence-corrected chi connectivity index (χ0v) is 17.5. The van der Waals surface area contributed by atoms with Gasteiger partial charge < -0.3 is 5.32 Å². The summed E-state index contributed by atoms with van der Waals surface area (Å²) in [5.41, 5.74) is 3.93. The summed E-state index contributed by atoms with van der Waals surface area (Å²) >= 11 is 1.44. The Morgan fingerprint density at radius 1 is 0.967 bits per heavy atom. The van der Waals surface area contributed by atoms with E-state index in [1.54, 1.807) is 4.90 Å². The van der Waals surface area contributed by atoms with Gasteiger partial charge in [0, 0.05) is 11.4 Å². The predicted octanol–water partition coefficient (Wildman–Crippen LogP) is 4.79. The molecule has 0 atom stereocenters. The van der Waals surface area contributed by atoms with Gasteiger partial charge in [-0.05, 0) is 36.3 Å². The molecule has 0 bridgehead atoms. The third kappa shape index (κ3) is 4.63. The molecule has 0 fully saturated rings. The van der Waals surface area contributed by atoms with E-state index in [0.717, 1.165) is 21.7 Å². The van der Waals surface area contributed by atoms with Crippen LogP contribution in [0.5, 0.6) is 0 Å². The average molecular weight is 415 g/mol. The summed E-state index contributed by atoms with van der Waals surface area (Å²) in [4.78, 5) is 29.0. The number of para-hydroxylation sites is 1. The SMILES string of the molecule is Cc1ccc(CNC(=O)CN2C(=O)/C(=C/c3ccccc3)Sc3ccccc32)cc1. The van der Waals surface area contributed by atoms with Crippen molar-refractivity contribution in [2.24, 2.45) is 0 Å². The molecule has 1 aliphatic rings. The van der Waals surface area contributed by atoms with Crippen LogP contribution in [0.25, 0.3) is 6.08 Å². The van der Waals surface area contributed by atoms with Gasteiger partial charge in [-0.25, -0.2) is 0 Å². The van der Waals surface area contributed by atoms with Crippen molar-refractivity contribution in [1.82, 2.24) is 5.32 Å². The van der Waals surface area contributed by atoms with Crippen molar-refractivity contribution in [3.63, 3.8) is 0 Å². The molecule has 0 unspecified atom stereocenters. The highest BCUT2D eigenvalue weighted by molar-refractivity contribution is 8.04. The second-order valence-corrected chi connectivity index (χ2v) is 8.23. The first-order chi connectivity index (χ1) is 14.6. The van der Waals surface area contributed by atoms with Crippen LogP contribution in [0.3, 0.4) is 0 Å². The summed E-state index contributed by atoms with van der Waals surface area (Å²) in [6, 6.07) is 25.4. The van der Waals surface area contributed by atoms with E-state index < -0.39 is 0 Å². The Kier molecular flexibility index (Phi) is 6.00. The summed E-state index contributed by atoms with van der Waals surface area (Å²) in [5.74, 6) is -0.349. The van der Waals surface area contributed by atoms with Crippen LogP contribution >= 0.6 is 11.8 Å². The maximum absolute atomic E-state index is 13.2. The molecule has 1 N–H and O–H groups in total. The van der Waals surface area contributed by atoms with E-state index in [0.29, 0.717) is 11.4 Å². The first kappa shape index (κ1) is 20.0. The van der Waals surface area contributed by atoms with Gasteiger partial charge >= 0.3 is 0 Å². The maximum atomic E-state index is 13.2. The molecule has 1 heterocycles. The third-order valence-corrected chi connectivity index (χ3v) is 5.92. The molecule has 4 nitrogen and oxygen atoms in total. The highest BCUT2D eigenvalue weighted by atomic mass is 32.2. The topological polar surface area (TPSA) is 49.4 Å². The first-order valence-corrected chi connectivity index (χ1v) is 10.6. The molecule has 30 heavy (non-hydrogen) atoms. The molecule has 0 saturated carbocycles. The monoisotopic (exact) mass is 414 g/mol. The van der Waals surface area contributed by atoms with E-state index in [2.05, 4.69) is 5.32 Å². The Labute approximate surface area is 180 Å². The molecule has 0 aromatic heterocycles. The van der Waals surface area contributed by atoms with Crippen molar-refractivity contribution in [3.05, 3.63) is 100 Å². The predicted molar refractivity (Wildman–Crippen MR) is 122 cm³/mol. The number of carbonyl (C=O) groups excluding carboxylic acids is 2. The fraction of sp³-hybridized carbons (Fsp3) is 0.120. The van der Waals surface area contributed by atoms with Gasteiger partial charge in [0.05, 0.1) is 10.6 Å². The number of rotatable bonds is 5. The number of hydrogen-bond donors (Lipinski definition) is 1. The summed E-state index contributed by atoms with van der Waals surface area (Å²) in [5, 5.41) is 2.92. The molecule has 0 saturated heterocycles. The summed E-state index contributed by atoms with van der Waals surface area (Å²) in [6.45, 7) is 2.44. The van der Waals surface area contributed by atoms with Crippen molar-refractivity contribution in [3.8, 4) is 0 Å². The number of amides is 2. The fourth-order valence-corrected chi connectivity index (χ4v) is 4.28. The Balaban J connectivity index is 1.53. The minimum absolute atomic E-state index is 0.0194. The van der Waals surface area contributed by atoms with Gasteiger partial charge in [-0.15, -0.1) is 0 Å². The second kappa shape index (κ2) is 9.01. The van der Waals surface area contributed by atoms with Crippen LogP contribution in [-0.4, -0.2) is 18.4 Å². The number of anilines is 1. The molecule has 5 heteroatoms. The van der Waals surface area contributed by atoms with Crippen molar-refractivity contribution >= 4 is 35.3 Å². The average Bonchev–Trinajstić information content (AvgIpc) is 2.77. The zero-order chi connectivity index (χ0) is 20.9. The number of hydrogen-bond acceptors (Lipinski definition) is 3. The summed E-state index contributed by atoms with van der Waals surface area (Å²) < 4.78 is 0. The Morgan fingerprint density at radius 2 is 1.67 bits per heavy atom. The van der Waals surface area contributed by atoms with Crippen LogP contribution in [-0.2, 0) is 16.1 Å². The van der Waals surface area contributed by atoms with E-state index in [1.165, 1.54) is 17.3 Å². The van der Waals surface area contributed by atoms with Crippen molar-refractivity contribution in [1.29, 1.82) is 0 Å². The Bertz CT molecular complexity index is 1090. The lowest BCUT2D eigenvalue weighted by Crippen LogP contribution is -2.42. The lowest BCUT2D eigenvalue weighted by molar-refractivity contribution is -0.122. The molecule has 1 aliphatic heterocycles. The van der Waals surface area contributed by atoms with Crippen LogP contribution in [0.15, 0.2) is 88.7 Å². The van der Waals surface area contributed by atoms with Gasteiger partial charge in [-0.3, -0.25) is 14.5 Å². The van der Waals surface area contributed by atoms with Crippen LogP contribution in [0.4, 0.5) is 5.69 Å². The van der Waals surface area contributed by atoms with E-state index in [9.17, 15) is 9.59 Å². The summed E-state index contributed by atoms with van der Waals surface area (Å²) in [6.07, 6.45) is 1.88. The normalized spacial score (nSPS) is 14.5. The number of aryl methyl sites for hydroxylation is 1. The quantitative estimate of drug-likeness (QED) is 0.611. The summed E-state index contributed by atoms with van der Waals surface area (Å²) in [7, 11) is 0. The highest BCUT2D eigenvalue weighted by Crippen LogP contribution is 2.41. The van der Waals surface area contributed by atoms with E-state index in [-0.39, 0.29) is 18.4 Å². The molecule has 3 aromatic carbocycles.